The summed E-state index contributed by atoms with van der Waals surface area (Å²) in [5, 5.41) is 6.60. The number of nitrogens with zero attached hydrogens (tertiary/aromatic N) is 3. The fourth-order valence-electron chi connectivity index (χ4n) is 7.15. The van der Waals surface area contributed by atoms with E-state index in [0.717, 1.165) is 37.5 Å². The Kier molecular flexibility index (Phi) is 15.7. The molecule has 5 rings (SSSR count). The molecule has 1 unspecified atom stereocenters. The van der Waals surface area contributed by atoms with E-state index in [1.165, 1.54) is 44.8 Å². The molecule has 0 bridgehead atoms. The summed E-state index contributed by atoms with van der Waals surface area (Å²) in [6, 6.07) is 4.99. The smallest absolute Gasteiger partial charge is 0.336 e. The molecule has 1 aromatic carbocycles. The second-order valence-electron chi connectivity index (χ2n) is 12.5. The highest BCUT2D eigenvalue weighted by Gasteiger charge is 2.42. The van der Waals surface area contributed by atoms with Crippen LogP contribution < -0.4 is 11.1 Å². The molecule has 0 radical (unpaired) electrons. The second kappa shape index (κ2) is 18.7. The molecular weight excluding hydrogens is 732 g/mol. The minimum atomic E-state index is -1.04. The minimum absolute atomic E-state index is 0. The van der Waals surface area contributed by atoms with E-state index in [1.54, 1.807) is 24.4 Å². The number of hydrogen-bond donors (Lipinski definition) is 2. The highest BCUT2D eigenvalue weighted by Crippen LogP contribution is 2.46. The van der Waals surface area contributed by atoms with E-state index in [-0.39, 0.29) is 63.7 Å². The molecule has 2 aromatic rings. The van der Waals surface area contributed by atoms with Crippen molar-refractivity contribution >= 4 is 77.2 Å². The van der Waals surface area contributed by atoms with Crippen molar-refractivity contribution in [1.29, 1.82) is 0 Å². The van der Waals surface area contributed by atoms with Gasteiger partial charge in [-0.2, -0.15) is 0 Å². The number of rotatable bonds is 11. The van der Waals surface area contributed by atoms with E-state index >= 15 is 0 Å². The van der Waals surface area contributed by atoms with Crippen molar-refractivity contribution in [3.05, 3.63) is 72.9 Å². The van der Waals surface area contributed by atoms with Crippen molar-refractivity contribution < 1.29 is 23.9 Å². The van der Waals surface area contributed by atoms with Gasteiger partial charge >= 0.3 is 11.9 Å². The highest BCUT2D eigenvalue weighted by atomic mass is 35.5. The van der Waals surface area contributed by atoms with Crippen LogP contribution >= 0.6 is 59.4 Å². The molecule has 0 spiro atoms. The summed E-state index contributed by atoms with van der Waals surface area (Å²) in [6.07, 6.45) is 8.52. The van der Waals surface area contributed by atoms with Crippen LogP contribution in [0.15, 0.2) is 52.3 Å². The van der Waals surface area contributed by atoms with Crippen LogP contribution in [-0.2, 0) is 30.3 Å². The van der Waals surface area contributed by atoms with Crippen LogP contribution in [0.25, 0.3) is 0 Å². The first-order valence-electron chi connectivity index (χ1n) is 16.1. The Bertz CT molecular complexity index is 1500. The molecule has 1 saturated carbocycles. The number of dihydropyridines is 1. The third kappa shape index (κ3) is 9.49. The maximum absolute atomic E-state index is 13.9. The van der Waals surface area contributed by atoms with Crippen LogP contribution in [0.4, 0.5) is 0 Å². The van der Waals surface area contributed by atoms with E-state index in [9.17, 15) is 14.4 Å². The van der Waals surface area contributed by atoms with Crippen molar-refractivity contribution in [2.45, 2.75) is 57.3 Å². The van der Waals surface area contributed by atoms with Crippen LogP contribution in [0.5, 0.6) is 0 Å². The SMILES string of the molecule is COC(=O)C1=C(CCc2nccs2)NC(CC(=O)N2CCN(CC3(CN)CCCCC3)CC2)=C(C(=O)OC)C1c1c(Cl)cccc1Cl.Cl.Cl. The predicted molar refractivity (Wildman–Crippen MR) is 198 cm³/mol. The van der Waals surface area contributed by atoms with Gasteiger partial charge in [-0.25, -0.2) is 14.6 Å². The molecule has 49 heavy (non-hydrogen) atoms. The van der Waals surface area contributed by atoms with E-state index in [0.29, 0.717) is 49.4 Å². The molecule has 1 saturated heterocycles. The summed E-state index contributed by atoms with van der Waals surface area (Å²) in [5.41, 5.74) is 7.90. The average Bonchev–Trinajstić information content (AvgIpc) is 3.61. The number of hydrogen-bond acceptors (Lipinski definition) is 10. The first-order chi connectivity index (χ1) is 22.7. The van der Waals surface area contributed by atoms with Crippen LogP contribution in [0, 0.1) is 5.41 Å². The number of thiazole rings is 1. The van der Waals surface area contributed by atoms with Gasteiger partial charge in [0.25, 0.3) is 0 Å². The summed E-state index contributed by atoms with van der Waals surface area (Å²) in [5.74, 6) is -2.52. The van der Waals surface area contributed by atoms with Gasteiger partial charge in [0.05, 0.1) is 42.7 Å². The van der Waals surface area contributed by atoms with Gasteiger partial charge < -0.3 is 25.4 Å². The summed E-state index contributed by atoms with van der Waals surface area (Å²) < 4.78 is 10.5. The van der Waals surface area contributed by atoms with Gasteiger partial charge in [0.2, 0.25) is 5.91 Å². The Morgan fingerprint density at radius 1 is 0.959 bits per heavy atom. The number of carbonyl (C=O) groups is 3. The largest absolute Gasteiger partial charge is 0.466 e. The molecule has 15 heteroatoms. The lowest BCUT2D eigenvalue weighted by atomic mass is 9.73. The van der Waals surface area contributed by atoms with Gasteiger partial charge in [-0.15, -0.1) is 36.2 Å². The van der Waals surface area contributed by atoms with E-state index < -0.39 is 17.9 Å². The zero-order valence-corrected chi connectivity index (χ0v) is 31.8. The van der Waals surface area contributed by atoms with Gasteiger partial charge in [-0.3, -0.25) is 9.69 Å². The molecule has 270 valence electrons. The lowest BCUT2D eigenvalue weighted by Gasteiger charge is -2.43. The van der Waals surface area contributed by atoms with Crippen LogP contribution in [0.2, 0.25) is 10.0 Å². The van der Waals surface area contributed by atoms with Crippen molar-refractivity contribution in [1.82, 2.24) is 20.1 Å². The Labute approximate surface area is 314 Å². The summed E-state index contributed by atoms with van der Waals surface area (Å²) >= 11 is 15.0. The summed E-state index contributed by atoms with van der Waals surface area (Å²) in [6.45, 7) is 4.29. The maximum atomic E-state index is 13.9. The Hall–Kier alpha value is -2.38. The van der Waals surface area contributed by atoms with E-state index in [2.05, 4.69) is 15.2 Å². The van der Waals surface area contributed by atoms with E-state index in [4.69, 9.17) is 38.4 Å². The van der Waals surface area contributed by atoms with Crippen molar-refractivity contribution in [3.63, 3.8) is 0 Å². The topological polar surface area (TPSA) is 127 Å². The number of halogens is 4. The Morgan fingerprint density at radius 2 is 1.57 bits per heavy atom. The monoisotopic (exact) mass is 775 g/mol. The minimum Gasteiger partial charge on any atom is -0.466 e. The number of nitrogens with two attached hydrogens (primary N) is 1. The van der Waals surface area contributed by atoms with Gasteiger partial charge in [0.1, 0.15) is 0 Å². The molecule has 1 aromatic heterocycles. The lowest BCUT2D eigenvalue weighted by molar-refractivity contribution is -0.137. The van der Waals surface area contributed by atoms with Crippen molar-refractivity contribution in [2.75, 3.05) is 53.5 Å². The molecule has 1 aliphatic carbocycles. The van der Waals surface area contributed by atoms with Gasteiger partial charge in [0, 0.05) is 77.7 Å². The molecule has 1 atom stereocenters. The number of ether oxygens (including phenoxy) is 2. The molecule has 3 N–H and O–H groups in total. The third-order valence-corrected chi connectivity index (χ3v) is 11.2. The summed E-state index contributed by atoms with van der Waals surface area (Å²) in [7, 11) is 2.54. The number of esters is 2. The van der Waals surface area contributed by atoms with Crippen LogP contribution in [0.3, 0.4) is 0 Å². The molecule has 3 aliphatic rings. The molecular formula is C34H45Cl4N5O5S. The lowest BCUT2D eigenvalue weighted by Crippen LogP contribution is -2.53. The second-order valence-corrected chi connectivity index (χ2v) is 14.3. The molecule has 2 aliphatic heterocycles. The van der Waals surface area contributed by atoms with Gasteiger partial charge in [0.15, 0.2) is 0 Å². The number of amides is 1. The number of methoxy groups -OCH3 is 2. The fourth-order valence-corrected chi connectivity index (χ4v) is 8.39. The van der Waals surface area contributed by atoms with Crippen molar-refractivity contribution in [3.8, 4) is 0 Å². The normalized spacial score (nSPS) is 19.4. The quantitative estimate of drug-likeness (QED) is 0.268. The molecule has 3 heterocycles. The number of piperazine rings is 1. The number of aromatic nitrogens is 1. The molecule has 10 nitrogen and oxygen atoms in total. The molecule has 2 fully saturated rings. The van der Waals surface area contributed by atoms with Crippen LogP contribution in [-0.4, -0.2) is 86.1 Å². The number of allylic oxidation sites excluding steroid dienone is 1. The average molecular weight is 778 g/mol. The Morgan fingerprint density at radius 3 is 2.12 bits per heavy atom. The standard InChI is InChI=1S/C34H43Cl2N5O5S.2ClH/c1-45-32(43)29-24(9-10-26-38-13-18-47-26)39-25(30(33(44)46-2)31(29)28-22(35)7-6-8-23(28)36)19-27(42)41-16-14-40(15-17-41)21-34(20-37)11-4-3-5-12-34;;/h6-8,13,18,31,39H,3-5,9-12,14-17,19-21,37H2,1-2H3;2*1H. The Balaban J connectivity index is 0.00000325. The van der Waals surface area contributed by atoms with Gasteiger partial charge in [-0.05, 0) is 43.4 Å². The van der Waals surface area contributed by atoms with Gasteiger partial charge in [-0.1, -0.05) is 48.5 Å². The zero-order valence-electron chi connectivity index (χ0n) is 27.8. The van der Waals surface area contributed by atoms with E-state index in [1.807, 2.05) is 10.3 Å². The fraction of sp³-hybridized carbons (Fsp3) is 0.529. The first-order valence-corrected chi connectivity index (χ1v) is 17.8. The number of aryl methyl sites for hydroxylation is 1. The highest BCUT2D eigenvalue weighted by molar-refractivity contribution is 7.09. The zero-order chi connectivity index (χ0) is 33.6. The number of nitrogens with one attached hydrogen (secondary N) is 1. The van der Waals surface area contributed by atoms with Crippen LogP contribution in [0.1, 0.15) is 61.4 Å². The number of carbonyl (C=O) groups excluding carboxylic acids is 3. The van der Waals surface area contributed by atoms with Crippen molar-refractivity contribution in [2.24, 2.45) is 11.1 Å². The third-order valence-electron chi connectivity index (χ3n) is 9.66. The predicted octanol–water partition coefficient (Wildman–Crippen LogP) is 5.91. The first kappa shape index (κ1) is 41.0. The summed E-state index contributed by atoms with van der Waals surface area (Å²) in [4.78, 5) is 49.7. The maximum Gasteiger partial charge on any atom is 0.336 e. The molecule has 1 amide bonds. The number of benzene rings is 1.